The van der Waals surface area contributed by atoms with Gasteiger partial charge >= 0.3 is 5.97 Å². The molecule has 104 valence electrons. The normalized spacial score (nSPS) is 12.2. The minimum atomic E-state index is -0.358. The lowest BCUT2D eigenvalue weighted by Gasteiger charge is -2.02. The SMILES string of the molecule is CCOC(=O)CN=CC(=CN)c1ccn2ccnc2c1. The van der Waals surface area contributed by atoms with Gasteiger partial charge in [0.05, 0.1) is 6.61 Å². The van der Waals surface area contributed by atoms with E-state index < -0.39 is 0 Å². The average molecular weight is 272 g/mol. The average Bonchev–Trinajstić information content (AvgIpc) is 2.91. The Morgan fingerprint density at radius 3 is 3.15 bits per heavy atom. The van der Waals surface area contributed by atoms with Crippen molar-refractivity contribution in [2.24, 2.45) is 10.7 Å². The number of fused-ring (bicyclic) bond motifs is 1. The van der Waals surface area contributed by atoms with Gasteiger partial charge in [-0.2, -0.15) is 0 Å². The fourth-order valence-electron chi connectivity index (χ4n) is 1.73. The molecule has 6 nitrogen and oxygen atoms in total. The third-order valence-corrected chi connectivity index (χ3v) is 2.67. The number of esters is 1. The topological polar surface area (TPSA) is 82.0 Å². The second-order valence-corrected chi connectivity index (χ2v) is 4.00. The van der Waals surface area contributed by atoms with Gasteiger partial charge < -0.3 is 14.9 Å². The molecule has 0 unspecified atom stereocenters. The predicted molar refractivity (Wildman–Crippen MR) is 77.3 cm³/mol. The van der Waals surface area contributed by atoms with Crippen LogP contribution in [-0.2, 0) is 9.53 Å². The van der Waals surface area contributed by atoms with Crippen molar-refractivity contribution in [2.75, 3.05) is 13.2 Å². The Labute approximate surface area is 116 Å². The van der Waals surface area contributed by atoms with E-state index in [4.69, 9.17) is 10.5 Å². The van der Waals surface area contributed by atoms with Gasteiger partial charge in [0.2, 0.25) is 0 Å². The molecule has 2 heterocycles. The zero-order valence-corrected chi connectivity index (χ0v) is 11.2. The van der Waals surface area contributed by atoms with Crippen LogP contribution in [-0.4, -0.2) is 34.7 Å². The summed E-state index contributed by atoms with van der Waals surface area (Å²) in [7, 11) is 0. The van der Waals surface area contributed by atoms with E-state index in [0.29, 0.717) is 6.61 Å². The van der Waals surface area contributed by atoms with Gasteiger partial charge in [0.25, 0.3) is 0 Å². The minimum absolute atomic E-state index is 0.0171. The first-order valence-electron chi connectivity index (χ1n) is 6.25. The zero-order chi connectivity index (χ0) is 14.4. The fourth-order valence-corrected chi connectivity index (χ4v) is 1.73. The number of aliphatic imine (C=N–C) groups is 1. The molecule has 0 spiro atoms. The molecule has 0 aliphatic heterocycles. The van der Waals surface area contributed by atoms with E-state index in [0.717, 1.165) is 16.8 Å². The predicted octanol–water partition coefficient (Wildman–Crippen LogP) is 1.27. The number of hydrogen-bond acceptors (Lipinski definition) is 5. The van der Waals surface area contributed by atoms with Gasteiger partial charge in [0.1, 0.15) is 12.2 Å². The van der Waals surface area contributed by atoms with Crippen molar-refractivity contribution < 1.29 is 9.53 Å². The molecule has 2 N–H and O–H groups in total. The maximum atomic E-state index is 11.2. The lowest BCUT2D eigenvalue weighted by atomic mass is 10.1. The lowest BCUT2D eigenvalue weighted by Crippen LogP contribution is -2.07. The molecule has 0 saturated heterocycles. The van der Waals surface area contributed by atoms with Crippen molar-refractivity contribution in [3.8, 4) is 0 Å². The van der Waals surface area contributed by atoms with Crippen LogP contribution in [0, 0.1) is 0 Å². The van der Waals surface area contributed by atoms with Gasteiger partial charge in [-0.25, -0.2) is 4.98 Å². The van der Waals surface area contributed by atoms with E-state index in [9.17, 15) is 4.79 Å². The van der Waals surface area contributed by atoms with E-state index in [1.165, 1.54) is 6.20 Å². The maximum Gasteiger partial charge on any atom is 0.327 e. The first-order valence-corrected chi connectivity index (χ1v) is 6.25. The second kappa shape index (κ2) is 6.51. The summed E-state index contributed by atoms with van der Waals surface area (Å²) in [6, 6.07) is 3.80. The lowest BCUT2D eigenvalue weighted by molar-refractivity contribution is -0.141. The third-order valence-electron chi connectivity index (χ3n) is 2.67. The van der Waals surface area contributed by atoms with Crippen LogP contribution in [0.15, 0.2) is 41.9 Å². The summed E-state index contributed by atoms with van der Waals surface area (Å²) < 4.78 is 6.69. The number of pyridine rings is 1. The first-order chi connectivity index (χ1) is 9.74. The van der Waals surface area contributed by atoms with Gasteiger partial charge in [-0.15, -0.1) is 0 Å². The van der Waals surface area contributed by atoms with Crippen molar-refractivity contribution in [2.45, 2.75) is 6.92 Å². The number of nitrogens with two attached hydrogens (primary N) is 1. The van der Waals surface area contributed by atoms with Gasteiger partial charge in [-0.3, -0.25) is 9.79 Å². The van der Waals surface area contributed by atoms with Gasteiger partial charge in [-0.1, -0.05) is 0 Å². The highest BCUT2D eigenvalue weighted by atomic mass is 16.5. The highest BCUT2D eigenvalue weighted by Crippen LogP contribution is 2.13. The van der Waals surface area contributed by atoms with Crippen LogP contribution in [0.1, 0.15) is 12.5 Å². The van der Waals surface area contributed by atoms with Crippen LogP contribution in [0.2, 0.25) is 0 Å². The van der Waals surface area contributed by atoms with E-state index in [1.54, 1.807) is 19.3 Å². The zero-order valence-electron chi connectivity index (χ0n) is 11.2. The van der Waals surface area contributed by atoms with Crippen molar-refractivity contribution in [1.29, 1.82) is 0 Å². The van der Waals surface area contributed by atoms with E-state index in [2.05, 4.69) is 9.98 Å². The highest BCUT2D eigenvalue weighted by Gasteiger charge is 2.02. The Balaban J connectivity index is 2.11. The molecular weight excluding hydrogens is 256 g/mol. The summed E-state index contributed by atoms with van der Waals surface area (Å²) in [6.07, 6.45) is 8.48. The molecule has 0 fully saturated rings. The molecule has 0 bridgehead atoms. The van der Waals surface area contributed by atoms with E-state index in [-0.39, 0.29) is 12.5 Å². The number of ether oxygens (including phenoxy) is 1. The number of allylic oxidation sites excluding steroid dienone is 1. The molecule has 0 amide bonds. The highest BCUT2D eigenvalue weighted by molar-refractivity contribution is 6.10. The molecule has 0 atom stereocenters. The quantitative estimate of drug-likeness (QED) is 0.656. The van der Waals surface area contributed by atoms with Crippen LogP contribution in [0.25, 0.3) is 11.2 Å². The summed E-state index contributed by atoms with van der Waals surface area (Å²) in [6.45, 7) is 2.09. The molecular formula is C14H16N4O2. The van der Waals surface area contributed by atoms with Crippen molar-refractivity contribution in [1.82, 2.24) is 9.38 Å². The second-order valence-electron chi connectivity index (χ2n) is 4.00. The van der Waals surface area contributed by atoms with Crippen LogP contribution in [0.3, 0.4) is 0 Å². The first kappa shape index (κ1) is 13.8. The molecule has 0 aromatic carbocycles. The maximum absolute atomic E-state index is 11.2. The Morgan fingerprint density at radius 1 is 1.55 bits per heavy atom. The Morgan fingerprint density at radius 2 is 2.40 bits per heavy atom. The minimum Gasteiger partial charge on any atom is -0.465 e. The number of carbonyl (C=O) groups is 1. The molecule has 2 rings (SSSR count). The van der Waals surface area contributed by atoms with E-state index in [1.807, 2.05) is 28.9 Å². The summed E-state index contributed by atoms with van der Waals surface area (Å²) >= 11 is 0. The van der Waals surface area contributed by atoms with Crippen molar-refractivity contribution >= 4 is 23.4 Å². The largest absolute Gasteiger partial charge is 0.465 e. The van der Waals surface area contributed by atoms with Gasteiger partial charge in [0, 0.05) is 36.6 Å². The smallest absolute Gasteiger partial charge is 0.327 e. The summed E-state index contributed by atoms with van der Waals surface area (Å²) in [4.78, 5) is 19.4. The number of nitrogens with zero attached hydrogens (tertiary/aromatic N) is 3. The Bertz CT molecular complexity index is 658. The van der Waals surface area contributed by atoms with Gasteiger partial charge in [-0.05, 0) is 24.6 Å². The van der Waals surface area contributed by atoms with Crippen molar-refractivity contribution in [3.63, 3.8) is 0 Å². The van der Waals surface area contributed by atoms with Crippen LogP contribution < -0.4 is 5.73 Å². The third kappa shape index (κ3) is 3.23. The summed E-state index contributed by atoms with van der Waals surface area (Å²) in [5, 5.41) is 0. The van der Waals surface area contributed by atoms with Crippen LogP contribution in [0.4, 0.5) is 0 Å². The van der Waals surface area contributed by atoms with Gasteiger partial charge in [0.15, 0.2) is 0 Å². The number of hydrogen-bond donors (Lipinski definition) is 1. The monoisotopic (exact) mass is 272 g/mol. The Kier molecular flexibility index (Phi) is 4.49. The number of aromatic nitrogens is 2. The van der Waals surface area contributed by atoms with E-state index >= 15 is 0 Å². The number of carbonyl (C=O) groups excluding carboxylic acids is 1. The van der Waals surface area contributed by atoms with Crippen LogP contribution >= 0.6 is 0 Å². The number of imidazole rings is 1. The molecule has 2 aromatic heterocycles. The molecule has 0 radical (unpaired) electrons. The molecule has 20 heavy (non-hydrogen) atoms. The Hall–Kier alpha value is -2.63. The molecule has 2 aromatic rings. The summed E-state index contributed by atoms with van der Waals surface area (Å²) in [5.41, 5.74) is 8.03. The molecule has 6 heteroatoms. The molecule has 0 aliphatic rings. The standard InChI is InChI=1S/C14H16N4O2/c1-2-20-14(19)10-16-9-12(8-15)11-3-5-18-6-4-17-13(18)7-11/h3-9H,2,10,15H2,1H3. The molecule has 0 aliphatic carbocycles. The molecule has 0 saturated carbocycles. The fraction of sp³-hybridized carbons (Fsp3) is 0.214. The van der Waals surface area contributed by atoms with Crippen molar-refractivity contribution in [3.05, 3.63) is 42.5 Å². The summed E-state index contributed by atoms with van der Waals surface area (Å²) in [5.74, 6) is -0.358. The van der Waals surface area contributed by atoms with Crippen LogP contribution in [0.5, 0.6) is 0 Å². The number of rotatable bonds is 5.